The van der Waals surface area contributed by atoms with Crippen molar-refractivity contribution >= 4 is 28.9 Å². The summed E-state index contributed by atoms with van der Waals surface area (Å²) in [6, 6.07) is 15.9. The van der Waals surface area contributed by atoms with Crippen molar-refractivity contribution in [3.8, 4) is 0 Å². The molecule has 2 aromatic rings. The number of halogens is 3. The molecule has 8 heteroatoms. The van der Waals surface area contributed by atoms with Crippen molar-refractivity contribution in [2.45, 2.75) is 5.51 Å². The third-order valence-corrected chi connectivity index (χ3v) is 5.92. The highest BCUT2D eigenvalue weighted by Gasteiger charge is 2.49. The molecule has 112 valence electrons. The zero-order chi connectivity index (χ0) is 15.5. The minimum absolute atomic E-state index is 0.381. The van der Waals surface area contributed by atoms with Crippen molar-refractivity contribution in [3.63, 3.8) is 0 Å². The smallest absolute Gasteiger partial charge is 0.231 e. The minimum atomic E-state index is -5.66. The van der Waals surface area contributed by atoms with E-state index in [-0.39, 0.29) is 0 Å². The molecule has 0 saturated heterocycles. The van der Waals surface area contributed by atoms with E-state index in [9.17, 15) is 21.6 Å². The maximum Gasteiger partial charge on any atom is 0.523 e. The molecule has 0 unspecified atom stereocenters. The molecule has 2 aromatic carbocycles. The molecule has 0 aliphatic heterocycles. The molecule has 0 bridgehead atoms. The highest BCUT2D eigenvalue weighted by Crippen LogP contribution is 2.41. The topological polar surface area (TPSA) is 43.4 Å². The van der Waals surface area contributed by atoms with Gasteiger partial charge >= 0.3 is 15.6 Å². The Hall–Kier alpha value is -1.43. The van der Waals surface area contributed by atoms with Gasteiger partial charge in [-0.25, -0.2) is 3.97 Å². The summed E-state index contributed by atoms with van der Waals surface area (Å²) >= 11 is 0. The van der Waals surface area contributed by atoms with Gasteiger partial charge < -0.3 is 0 Å². The molecule has 0 saturated carbocycles. The highest BCUT2D eigenvalue weighted by molar-refractivity contribution is 7.93. The fraction of sp³-hybridized carbons (Fsp3) is 0.0769. The van der Waals surface area contributed by atoms with Crippen molar-refractivity contribution in [3.05, 3.63) is 60.7 Å². The van der Waals surface area contributed by atoms with Gasteiger partial charge in [0.1, 0.15) is 8.15 Å². The van der Waals surface area contributed by atoms with Gasteiger partial charge in [-0.1, -0.05) is 60.7 Å². The van der Waals surface area contributed by atoms with Gasteiger partial charge in [-0.3, -0.25) is 0 Å². The van der Waals surface area contributed by atoms with Crippen molar-refractivity contribution < 1.29 is 25.6 Å². The van der Waals surface area contributed by atoms with Crippen LogP contribution in [-0.2, 0) is 14.1 Å². The zero-order valence-electron chi connectivity index (χ0n) is 10.5. The third kappa shape index (κ3) is 3.81. The van der Waals surface area contributed by atoms with Crippen LogP contribution in [0.25, 0.3) is 0 Å². The second kappa shape index (κ2) is 6.13. The summed E-state index contributed by atoms with van der Waals surface area (Å²) in [5, 5.41) is 0.762. The summed E-state index contributed by atoms with van der Waals surface area (Å²) in [6.07, 6.45) is 0. The fourth-order valence-corrected chi connectivity index (χ4v) is 4.50. The normalized spacial score (nSPS) is 12.6. The number of rotatable bonds is 4. The lowest BCUT2D eigenvalue weighted by atomic mass is 10.4. The highest BCUT2D eigenvalue weighted by atomic mass is 32.2. The fourth-order valence-electron chi connectivity index (χ4n) is 1.50. The predicted molar refractivity (Wildman–Crippen MR) is 75.1 cm³/mol. The standard InChI is InChI=1S/C13H10F3O3PS/c14-13(15,16)21(17,18)19-20(11-7-3-1-4-8-11)12-9-5-2-6-10-12/h1-10H. The molecule has 0 atom stereocenters. The maximum absolute atomic E-state index is 12.5. The van der Waals surface area contributed by atoms with Gasteiger partial charge in [0.15, 0.2) is 0 Å². The van der Waals surface area contributed by atoms with E-state index in [1.54, 1.807) is 36.4 Å². The third-order valence-electron chi connectivity index (χ3n) is 2.44. The Kier molecular flexibility index (Phi) is 4.66. The second-order valence-electron chi connectivity index (χ2n) is 3.94. The van der Waals surface area contributed by atoms with E-state index in [2.05, 4.69) is 3.97 Å². The minimum Gasteiger partial charge on any atom is -0.231 e. The average Bonchev–Trinajstić information content (AvgIpc) is 2.45. The molecule has 0 aliphatic carbocycles. The van der Waals surface area contributed by atoms with Crippen LogP contribution in [0.4, 0.5) is 13.2 Å². The Labute approximate surface area is 121 Å². The molecule has 0 spiro atoms. The summed E-state index contributed by atoms with van der Waals surface area (Å²) in [5.74, 6) is 0. The Morgan fingerprint density at radius 2 is 1.19 bits per heavy atom. The molecule has 0 heterocycles. The molecule has 3 nitrogen and oxygen atoms in total. The average molecular weight is 334 g/mol. The lowest BCUT2D eigenvalue weighted by Crippen LogP contribution is -2.27. The van der Waals surface area contributed by atoms with Gasteiger partial charge in [0.05, 0.1) is 0 Å². The van der Waals surface area contributed by atoms with Crippen molar-refractivity contribution in [2.75, 3.05) is 0 Å². The molecule has 0 N–H and O–H groups in total. The van der Waals surface area contributed by atoms with Crippen molar-refractivity contribution in [1.82, 2.24) is 0 Å². The second-order valence-corrected chi connectivity index (χ2v) is 7.53. The first-order valence-electron chi connectivity index (χ1n) is 5.72. The summed E-state index contributed by atoms with van der Waals surface area (Å²) in [6.45, 7) is 0. The summed E-state index contributed by atoms with van der Waals surface area (Å²) in [7, 11) is -7.78. The van der Waals surface area contributed by atoms with Gasteiger partial charge in [-0.05, 0) is 0 Å². The Bertz CT molecular complexity index is 648. The summed E-state index contributed by atoms with van der Waals surface area (Å²) in [4.78, 5) is 0. The van der Waals surface area contributed by atoms with Crippen LogP contribution in [0.5, 0.6) is 0 Å². The van der Waals surface area contributed by atoms with E-state index < -0.39 is 23.8 Å². The number of hydrogen-bond acceptors (Lipinski definition) is 3. The number of alkyl halides is 3. The van der Waals surface area contributed by atoms with Crippen LogP contribution < -0.4 is 10.6 Å². The molecule has 21 heavy (non-hydrogen) atoms. The van der Waals surface area contributed by atoms with E-state index in [1.165, 1.54) is 24.3 Å². The Balaban J connectivity index is 2.44. The first-order valence-corrected chi connectivity index (χ1v) is 8.39. The van der Waals surface area contributed by atoms with Gasteiger partial charge in [-0.2, -0.15) is 21.6 Å². The lowest BCUT2D eigenvalue weighted by Gasteiger charge is -2.18. The van der Waals surface area contributed by atoms with E-state index >= 15 is 0 Å². The number of hydrogen-bond donors (Lipinski definition) is 0. The largest absolute Gasteiger partial charge is 0.523 e. The first-order chi connectivity index (χ1) is 9.81. The van der Waals surface area contributed by atoms with Crippen LogP contribution in [0, 0.1) is 0 Å². The Morgan fingerprint density at radius 1 is 0.810 bits per heavy atom. The van der Waals surface area contributed by atoms with Crippen LogP contribution >= 0.6 is 8.15 Å². The predicted octanol–water partition coefficient (Wildman–Crippen LogP) is 2.90. The SMILES string of the molecule is O=S(=O)(OP(c1ccccc1)c1ccccc1)C(F)(F)F. The summed E-state index contributed by atoms with van der Waals surface area (Å²) in [5.41, 5.74) is -5.45. The molecular weight excluding hydrogens is 324 g/mol. The van der Waals surface area contributed by atoms with E-state index in [0.29, 0.717) is 10.6 Å². The van der Waals surface area contributed by atoms with Crippen molar-refractivity contribution in [2.24, 2.45) is 0 Å². The van der Waals surface area contributed by atoms with Crippen molar-refractivity contribution in [1.29, 1.82) is 0 Å². The van der Waals surface area contributed by atoms with E-state index in [0.717, 1.165) is 0 Å². The molecule has 2 rings (SSSR count). The van der Waals surface area contributed by atoms with E-state index in [4.69, 9.17) is 0 Å². The molecule has 0 amide bonds. The van der Waals surface area contributed by atoms with Gasteiger partial charge in [0.25, 0.3) is 0 Å². The van der Waals surface area contributed by atoms with E-state index in [1.807, 2.05) is 0 Å². The zero-order valence-corrected chi connectivity index (χ0v) is 12.2. The lowest BCUT2D eigenvalue weighted by molar-refractivity contribution is -0.0496. The van der Waals surface area contributed by atoms with Gasteiger partial charge in [-0.15, -0.1) is 0 Å². The molecule has 0 fully saturated rings. The Morgan fingerprint density at radius 3 is 1.52 bits per heavy atom. The maximum atomic E-state index is 12.5. The molecule has 0 radical (unpaired) electrons. The van der Waals surface area contributed by atoms with Gasteiger partial charge in [0, 0.05) is 10.6 Å². The summed E-state index contributed by atoms with van der Waals surface area (Å²) < 4.78 is 64.6. The first kappa shape index (κ1) is 15.9. The van der Waals surface area contributed by atoms with Crippen LogP contribution in [0.3, 0.4) is 0 Å². The monoisotopic (exact) mass is 334 g/mol. The molecule has 0 aliphatic rings. The molecule has 0 aromatic heterocycles. The van der Waals surface area contributed by atoms with Crippen LogP contribution in [0.2, 0.25) is 0 Å². The number of benzene rings is 2. The molecular formula is C13H10F3O3PS. The quantitative estimate of drug-likeness (QED) is 0.638. The van der Waals surface area contributed by atoms with Crippen LogP contribution in [0.15, 0.2) is 60.7 Å². The van der Waals surface area contributed by atoms with Crippen LogP contribution in [-0.4, -0.2) is 13.9 Å². The van der Waals surface area contributed by atoms with Crippen LogP contribution in [0.1, 0.15) is 0 Å². The van der Waals surface area contributed by atoms with Gasteiger partial charge in [0.2, 0.25) is 0 Å².